The number of anilines is 3. The lowest BCUT2D eigenvalue weighted by Crippen LogP contribution is -2.24. The Hall–Kier alpha value is -3.53. The maximum Gasteiger partial charge on any atom is 0.155 e. The van der Waals surface area contributed by atoms with E-state index >= 15 is 0 Å². The number of hydrogen-bond donors (Lipinski definition) is 4. The Morgan fingerprint density at radius 3 is 2.82 bits per heavy atom. The zero-order valence-corrected chi connectivity index (χ0v) is 18.7. The van der Waals surface area contributed by atoms with Crippen LogP contribution in [0, 0.1) is 0 Å². The van der Waals surface area contributed by atoms with E-state index in [1.807, 2.05) is 35.1 Å². The van der Waals surface area contributed by atoms with Crippen LogP contribution in [0.5, 0.6) is 0 Å². The SMILES string of the molecule is OC1NCc2c(-c3cnc4cnccn34)ccc(Nc3ccc(N4CCC[C@H](O)CC4)cn3)c21. The molecule has 1 unspecified atom stereocenters. The molecule has 5 heterocycles. The smallest absolute Gasteiger partial charge is 0.155 e. The van der Waals surface area contributed by atoms with Gasteiger partial charge in [-0.3, -0.25) is 14.7 Å². The Morgan fingerprint density at radius 1 is 1.00 bits per heavy atom. The maximum absolute atomic E-state index is 10.7. The van der Waals surface area contributed by atoms with Crippen molar-refractivity contribution in [2.24, 2.45) is 0 Å². The molecule has 3 aromatic heterocycles. The summed E-state index contributed by atoms with van der Waals surface area (Å²) in [6.45, 7) is 2.33. The molecule has 174 valence electrons. The van der Waals surface area contributed by atoms with Gasteiger partial charge < -0.3 is 20.4 Å². The van der Waals surface area contributed by atoms with Crippen LogP contribution in [0.4, 0.5) is 17.2 Å². The molecule has 6 rings (SSSR count). The maximum atomic E-state index is 10.7. The fourth-order valence-corrected chi connectivity index (χ4v) is 4.98. The van der Waals surface area contributed by atoms with E-state index in [1.165, 1.54) is 0 Å². The van der Waals surface area contributed by atoms with Crippen LogP contribution in [0.1, 0.15) is 36.6 Å². The van der Waals surface area contributed by atoms with Gasteiger partial charge in [-0.15, -0.1) is 0 Å². The zero-order valence-electron chi connectivity index (χ0n) is 18.7. The largest absolute Gasteiger partial charge is 0.393 e. The number of imidazole rings is 1. The fraction of sp³-hybridized carbons (Fsp3) is 0.320. The number of pyridine rings is 1. The Kier molecular flexibility index (Phi) is 5.37. The summed E-state index contributed by atoms with van der Waals surface area (Å²) in [7, 11) is 0. The summed E-state index contributed by atoms with van der Waals surface area (Å²) in [6.07, 6.45) is 10.7. The van der Waals surface area contributed by atoms with Crippen molar-refractivity contribution in [2.45, 2.75) is 38.1 Å². The summed E-state index contributed by atoms with van der Waals surface area (Å²) in [4.78, 5) is 15.5. The number of benzene rings is 1. The molecule has 1 fully saturated rings. The van der Waals surface area contributed by atoms with E-state index in [2.05, 4.69) is 42.6 Å². The van der Waals surface area contributed by atoms with E-state index in [9.17, 15) is 10.2 Å². The second kappa shape index (κ2) is 8.68. The summed E-state index contributed by atoms with van der Waals surface area (Å²) in [5.41, 5.74) is 6.51. The third-order valence-electron chi connectivity index (χ3n) is 6.77. The first-order valence-corrected chi connectivity index (χ1v) is 11.7. The topological polar surface area (TPSA) is 111 Å². The molecule has 0 saturated carbocycles. The minimum atomic E-state index is -0.763. The number of fused-ring (bicyclic) bond motifs is 2. The highest BCUT2D eigenvalue weighted by Gasteiger charge is 2.27. The van der Waals surface area contributed by atoms with Crippen molar-refractivity contribution in [1.29, 1.82) is 0 Å². The lowest BCUT2D eigenvalue weighted by atomic mass is 9.98. The standard InChI is InChI=1S/C25H27N7O2/c33-17-2-1-9-31(10-7-17)16-3-6-22(27-12-16)30-20-5-4-18(19-13-29-25(34)24(19)20)21-14-28-23-15-26-8-11-32(21)23/h3-6,8,11-12,14-15,17,25,29,33-34H,1-2,7,9-10,13H2,(H,27,30)/t17-,25?/m0/s1. The van der Waals surface area contributed by atoms with Crippen molar-refractivity contribution in [3.8, 4) is 11.3 Å². The molecule has 2 atom stereocenters. The van der Waals surface area contributed by atoms with E-state index in [-0.39, 0.29) is 6.10 Å². The van der Waals surface area contributed by atoms with Crippen molar-refractivity contribution in [2.75, 3.05) is 23.3 Å². The minimum Gasteiger partial charge on any atom is -0.393 e. The van der Waals surface area contributed by atoms with Crippen molar-refractivity contribution in [1.82, 2.24) is 24.7 Å². The quantitative estimate of drug-likeness (QED) is 0.370. The van der Waals surface area contributed by atoms with E-state index in [1.54, 1.807) is 12.4 Å². The highest BCUT2D eigenvalue weighted by Crippen LogP contribution is 2.39. The lowest BCUT2D eigenvalue weighted by molar-refractivity contribution is 0.152. The third-order valence-corrected chi connectivity index (χ3v) is 6.77. The molecule has 2 aliphatic rings. The number of aliphatic hydroxyl groups excluding tert-OH is 2. The van der Waals surface area contributed by atoms with Gasteiger partial charge in [0.1, 0.15) is 12.0 Å². The Bertz CT molecular complexity index is 1320. The molecule has 0 aliphatic carbocycles. The van der Waals surface area contributed by atoms with Gasteiger partial charge in [-0.05, 0) is 43.0 Å². The molecule has 2 aliphatic heterocycles. The molecule has 0 bridgehead atoms. The molecule has 1 saturated heterocycles. The predicted molar refractivity (Wildman–Crippen MR) is 130 cm³/mol. The third kappa shape index (κ3) is 3.77. The fourth-order valence-electron chi connectivity index (χ4n) is 4.98. The number of rotatable bonds is 4. The lowest BCUT2D eigenvalue weighted by Gasteiger charge is -2.22. The molecule has 1 aromatic carbocycles. The predicted octanol–water partition coefficient (Wildman–Crippen LogP) is 2.98. The van der Waals surface area contributed by atoms with Crippen LogP contribution in [-0.4, -0.2) is 48.8 Å². The molecule has 0 amide bonds. The van der Waals surface area contributed by atoms with Crippen LogP contribution in [-0.2, 0) is 6.54 Å². The van der Waals surface area contributed by atoms with Crippen LogP contribution < -0.4 is 15.5 Å². The highest BCUT2D eigenvalue weighted by molar-refractivity contribution is 5.76. The van der Waals surface area contributed by atoms with Gasteiger partial charge in [-0.25, -0.2) is 9.97 Å². The molecule has 34 heavy (non-hydrogen) atoms. The number of aliphatic hydroxyl groups is 2. The van der Waals surface area contributed by atoms with Gasteiger partial charge in [0.25, 0.3) is 0 Å². The van der Waals surface area contributed by atoms with Crippen LogP contribution >= 0.6 is 0 Å². The normalized spacial score (nSPS) is 20.4. The average molecular weight is 458 g/mol. The average Bonchev–Trinajstić information content (AvgIpc) is 3.39. The second-order valence-electron chi connectivity index (χ2n) is 8.88. The Balaban J connectivity index is 1.29. The van der Waals surface area contributed by atoms with Crippen LogP contribution in [0.15, 0.2) is 55.2 Å². The van der Waals surface area contributed by atoms with Gasteiger partial charge in [-0.1, -0.05) is 6.07 Å². The minimum absolute atomic E-state index is 0.207. The van der Waals surface area contributed by atoms with Gasteiger partial charge in [0, 0.05) is 48.8 Å². The molecule has 9 heteroatoms. The van der Waals surface area contributed by atoms with Crippen molar-refractivity contribution in [3.63, 3.8) is 0 Å². The van der Waals surface area contributed by atoms with Gasteiger partial charge in [-0.2, -0.15) is 0 Å². The molecule has 4 aromatic rings. The van der Waals surface area contributed by atoms with E-state index in [4.69, 9.17) is 0 Å². The highest BCUT2D eigenvalue weighted by atomic mass is 16.3. The molecule has 0 radical (unpaired) electrons. The first-order chi connectivity index (χ1) is 16.7. The second-order valence-corrected chi connectivity index (χ2v) is 8.88. The summed E-state index contributed by atoms with van der Waals surface area (Å²) in [6, 6.07) is 8.06. The van der Waals surface area contributed by atoms with Gasteiger partial charge in [0.2, 0.25) is 0 Å². The summed E-state index contributed by atoms with van der Waals surface area (Å²) in [5.74, 6) is 0.716. The molecule has 9 nitrogen and oxygen atoms in total. The Morgan fingerprint density at radius 2 is 1.94 bits per heavy atom. The van der Waals surface area contributed by atoms with Crippen LogP contribution in [0.3, 0.4) is 0 Å². The number of hydrogen-bond acceptors (Lipinski definition) is 8. The molecule has 0 spiro atoms. The summed E-state index contributed by atoms with van der Waals surface area (Å²) >= 11 is 0. The van der Waals surface area contributed by atoms with E-state index in [0.29, 0.717) is 12.4 Å². The first kappa shape index (κ1) is 21.0. The van der Waals surface area contributed by atoms with Gasteiger partial charge in [0.15, 0.2) is 5.65 Å². The first-order valence-electron chi connectivity index (χ1n) is 11.7. The molecular formula is C25H27N7O2. The van der Waals surface area contributed by atoms with Crippen molar-refractivity contribution >= 4 is 22.8 Å². The molecular weight excluding hydrogens is 430 g/mol. The summed E-state index contributed by atoms with van der Waals surface area (Å²) < 4.78 is 2.00. The van der Waals surface area contributed by atoms with E-state index in [0.717, 1.165) is 71.8 Å². The van der Waals surface area contributed by atoms with Crippen LogP contribution in [0.25, 0.3) is 16.9 Å². The van der Waals surface area contributed by atoms with Crippen LogP contribution in [0.2, 0.25) is 0 Å². The van der Waals surface area contributed by atoms with E-state index < -0.39 is 6.23 Å². The van der Waals surface area contributed by atoms with Gasteiger partial charge in [0.05, 0.1) is 36.1 Å². The number of nitrogens with one attached hydrogen (secondary N) is 2. The molecule has 4 N–H and O–H groups in total. The monoisotopic (exact) mass is 457 g/mol. The van der Waals surface area contributed by atoms with Crippen molar-refractivity contribution in [3.05, 3.63) is 66.4 Å². The number of nitrogens with zero attached hydrogens (tertiary/aromatic N) is 5. The van der Waals surface area contributed by atoms with Crippen molar-refractivity contribution < 1.29 is 10.2 Å². The summed E-state index contributed by atoms with van der Waals surface area (Å²) in [5, 5.41) is 27.2. The number of aromatic nitrogens is 4. The van der Waals surface area contributed by atoms with Gasteiger partial charge >= 0.3 is 0 Å². The Labute approximate surface area is 197 Å². The zero-order chi connectivity index (χ0) is 23.1.